The molecule has 0 saturated heterocycles. The van der Waals surface area contributed by atoms with Gasteiger partial charge in [0, 0.05) is 10.7 Å². The van der Waals surface area contributed by atoms with Gasteiger partial charge in [0.05, 0.1) is 29.4 Å². The smallest absolute Gasteiger partial charge is 0.266 e. The molecule has 0 aliphatic heterocycles. The van der Waals surface area contributed by atoms with E-state index in [-0.39, 0.29) is 11.8 Å². The Morgan fingerprint density at radius 2 is 1.82 bits per heavy atom. The third-order valence-electron chi connectivity index (χ3n) is 5.35. The second-order valence-corrected chi connectivity index (χ2v) is 8.96. The number of rotatable bonds is 6. The number of fused-ring (bicyclic) bond motifs is 1. The summed E-state index contributed by atoms with van der Waals surface area (Å²) in [7, 11) is 1.52. The van der Waals surface area contributed by atoms with Crippen LogP contribution in [0, 0.1) is 6.92 Å². The van der Waals surface area contributed by atoms with Crippen LogP contribution >= 0.6 is 22.9 Å². The highest BCUT2D eigenvalue weighted by molar-refractivity contribution is 7.20. The lowest BCUT2D eigenvalue weighted by molar-refractivity contribution is -0.118. The van der Waals surface area contributed by atoms with Gasteiger partial charge < -0.3 is 15.4 Å². The number of aryl methyl sites for hydroxylation is 1. The van der Waals surface area contributed by atoms with Gasteiger partial charge in [0.25, 0.3) is 11.5 Å². The summed E-state index contributed by atoms with van der Waals surface area (Å²) in [6.07, 6.45) is 1.33. The molecule has 1 atom stereocenters. The van der Waals surface area contributed by atoms with Gasteiger partial charge in [-0.05, 0) is 55.8 Å². The normalized spacial score (nSPS) is 11.8. The van der Waals surface area contributed by atoms with Crippen molar-refractivity contribution >= 4 is 56.3 Å². The van der Waals surface area contributed by atoms with Gasteiger partial charge in [-0.1, -0.05) is 23.7 Å². The Labute approximate surface area is 204 Å². The number of benzene rings is 2. The van der Waals surface area contributed by atoms with E-state index in [4.69, 9.17) is 16.3 Å². The van der Waals surface area contributed by atoms with Crippen molar-refractivity contribution in [3.05, 3.63) is 80.7 Å². The minimum atomic E-state index is -0.828. The van der Waals surface area contributed by atoms with Gasteiger partial charge >= 0.3 is 0 Å². The molecule has 0 aliphatic carbocycles. The first-order chi connectivity index (χ1) is 16.3. The monoisotopic (exact) mass is 496 g/mol. The number of aromatic nitrogens is 2. The van der Waals surface area contributed by atoms with Crippen molar-refractivity contribution in [2.75, 3.05) is 17.7 Å². The summed E-state index contributed by atoms with van der Waals surface area (Å²) >= 11 is 7.00. The average Bonchev–Trinajstić information content (AvgIpc) is 3.18. The molecule has 1 unspecified atom stereocenters. The summed E-state index contributed by atoms with van der Waals surface area (Å²) in [6, 6.07) is 12.9. The van der Waals surface area contributed by atoms with Crippen molar-refractivity contribution in [3.63, 3.8) is 0 Å². The Morgan fingerprint density at radius 1 is 1.12 bits per heavy atom. The van der Waals surface area contributed by atoms with Crippen LogP contribution in [0.3, 0.4) is 0 Å². The molecule has 0 spiro atoms. The largest absolute Gasteiger partial charge is 0.495 e. The molecule has 0 saturated carbocycles. The fraction of sp³-hybridized carbons (Fsp3) is 0.167. The van der Waals surface area contributed by atoms with E-state index < -0.39 is 11.6 Å². The summed E-state index contributed by atoms with van der Waals surface area (Å²) in [5, 5.41) is 6.44. The lowest BCUT2D eigenvalue weighted by atomic mass is 10.2. The highest BCUT2D eigenvalue weighted by atomic mass is 35.5. The lowest BCUT2D eigenvalue weighted by Gasteiger charge is -2.15. The first kappa shape index (κ1) is 23.5. The molecule has 8 nitrogen and oxygen atoms in total. The molecule has 2 heterocycles. The number of amides is 2. The lowest BCUT2D eigenvalue weighted by Crippen LogP contribution is -2.31. The van der Waals surface area contributed by atoms with Crippen LogP contribution in [-0.2, 0) is 4.79 Å². The number of nitrogens with one attached hydrogen (secondary N) is 2. The predicted molar refractivity (Wildman–Crippen MR) is 134 cm³/mol. The number of halogens is 1. The molecule has 0 bridgehead atoms. The van der Waals surface area contributed by atoms with Crippen LogP contribution in [0.5, 0.6) is 5.75 Å². The molecule has 0 fully saturated rings. The molecule has 2 amide bonds. The second-order valence-electron chi connectivity index (χ2n) is 7.52. The first-order valence-electron chi connectivity index (χ1n) is 10.3. The van der Waals surface area contributed by atoms with E-state index >= 15 is 0 Å². The predicted octanol–water partition coefficient (Wildman–Crippen LogP) is 4.88. The van der Waals surface area contributed by atoms with Gasteiger partial charge in [-0.25, -0.2) is 4.98 Å². The number of hydrogen-bond acceptors (Lipinski definition) is 6. The first-order valence-corrected chi connectivity index (χ1v) is 11.5. The minimum absolute atomic E-state index is 0.309. The van der Waals surface area contributed by atoms with Crippen molar-refractivity contribution in [2.24, 2.45) is 0 Å². The standard InChI is InChI=1S/C24H21ClN4O4S/c1-13-19-23(34-20(13)22(31)28-17-6-4-5-7-18(17)33-3)26-12-29(24(19)32)14(2)21(30)27-16-10-8-15(25)9-11-16/h4-12,14H,1-3H3,(H,27,30)(H,28,31). The van der Waals surface area contributed by atoms with Gasteiger partial charge in [-0.15, -0.1) is 11.3 Å². The van der Waals surface area contributed by atoms with E-state index in [1.165, 1.54) is 18.0 Å². The van der Waals surface area contributed by atoms with Crippen molar-refractivity contribution in [2.45, 2.75) is 19.9 Å². The number of nitrogens with zero attached hydrogens (tertiary/aromatic N) is 2. The van der Waals surface area contributed by atoms with Crippen molar-refractivity contribution in [1.29, 1.82) is 0 Å². The Kier molecular flexibility index (Phi) is 6.67. The number of carbonyl (C=O) groups excluding carboxylic acids is 2. The minimum Gasteiger partial charge on any atom is -0.495 e. The fourth-order valence-electron chi connectivity index (χ4n) is 3.46. The number of ether oxygens (including phenoxy) is 1. The van der Waals surface area contributed by atoms with E-state index in [1.54, 1.807) is 62.4 Å². The fourth-order valence-corrected chi connectivity index (χ4v) is 4.62. The molecule has 4 aromatic rings. The Bertz CT molecular complexity index is 1450. The van der Waals surface area contributed by atoms with Gasteiger partial charge in [0.2, 0.25) is 5.91 Å². The van der Waals surface area contributed by atoms with E-state index in [2.05, 4.69) is 15.6 Å². The molecule has 4 rings (SSSR count). The number of hydrogen-bond donors (Lipinski definition) is 2. The summed E-state index contributed by atoms with van der Waals surface area (Å²) in [5.41, 5.74) is 1.19. The molecule has 0 aliphatic rings. The number of anilines is 2. The van der Waals surface area contributed by atoms with E-state index in [1.807, 2.05) is 0 Å². The van der Waals surface area contributed by atoms with Gasteiger partial charge in [-0.2, -0.15) is 0 Å². The third-order valence-corrected chi connectivity index (χ3v) is 6.80. The highest BCUT2D eigenvalue weighted by Crippen LogP contribution is 2.30. The molecule has 10 heteroatoms. The summed E-state index contributed by atoms with van der Waals surface area (Å²) < 4.78 is 6.54. The van der Waals surface area contributed by atoms with Gasteiger partial charge in [-0.3, -0.25) is 19.0 Å². The van der Waals surface area contributed by atoms with Crippen LogP contribution in [0.4, 0.5) is 11.4 Å². The third kappa shape index (κ3) is 4.52. The average molecular weight is 497 g/mol. The molecule has 0 radical (unpaired) electrons. The molecule has 2 N–H and O–H groups in total. The van der Waals surface area contributed by atoms with Crippen molar-refractivity contribution < 1.29 is 14.3 Å². The zero-order chi connectivity index (χ0) is 24.4. The zero-order valence-electron chi connectivity index (χ0n) is 18.6. The number of thiophene rings is 1. The van der Waals surface area contributed by atoms with E-state index in [0.29, 0.717) is 42.8 Å². The van der Waals surface area contributed by atoms with E-state index in [0.717, 1.165) is 11.3 Å². The van der Waals surface area contributed by atoms with Crippen LogP contribution < -0.4 is 20.9 Å². The van der Waals surface area contributed by atoms with Gasteiger partial charge in [0.15, 0.2) is 0 Å². The van der Waals surface area contributed by atoms with E-state index in [9.17, 15) is 14.4 Å². The zero-order valence-corrected chi connectivity index (χ0v) is 20.2. The molecular formula is C24H21ClN4O4S. The molecule has 2 aromatic heterocycles. The van der Waals surface area contributed by atoms with Crippen LogP contribution in [-0.4, -0.2) is 28.5 Å². The molecular weight excluding hydrogens is 476 g/mol. The Hall–Kier alpha value is -3.69. The number of para-hydroxylation sites is 2. The number of methoxy groups -OCH3 is 1. The molecule has 2 aromatic carbocycles. The maximum atomic E-state index is 13.3. The van der Waals surface area contributed by atoms with Crippen LogP contribution in [0.25, 0.3) is 10.2 Å². The van der Waals surface area contributed by atoms with Crippen LogP contribution in [0.2, 0.25) is 5.02 Å². The van der Waals surface area contributed by atoms with Crippen molar-refractivity contribution in [3.8, 4) is 5.75 Å². The SMILES string of the molecule is COc1ccccc1NC(=O)c1sc2ncn(C(C)C(=O)Nc3ccc(Cl)cc3)c(=O)c2c1C. The quantitative estimate of drug-likeness (QED) is 0.396. The summed E-state index contributed by atoms with van der Waals surface area (Å²) in [6.45, 7) is 3.30. The Balaban J connectivity index is 1.63. The maximum Gasteiger partial charge on any atom is 0.266 e. The molecule has 174 valence electrons. The second kappa shape index (κ2) is 9.66. The topological polar surface area (TPSA) is 102 Å². The van der Waals surface area contributed by atoms with Gasteiger partial charge in [0.1, 0.15) is 16.6 Å². The highest BCUT2D eigenvalue weighted by Gasteiger charge is 2.23. The van der Waals surface area contributed by atoms with Crippen LogP contribution in [0.15, 0.2) is 59.7 Å². The Morgan fingerprint density at radius 3 is 2.53 bits per heavy atom. The van der Waals surface area contributed by atoms with Crippen molar-refractivity contribution in [1.82, 2.24) is 9.55 Å². The molecule has 34 heavy (non-hydrogen) atoms. The number of carbonyl (C=O) groups is 2. The summed E-state index contributed by atoms with van der Waals surface area (Å²) in [5.74, 6) is -0.229. The summed E-state index contributed by atoms with van der Waals surface area (Å²) in [4.78, 5) is 44.1. The maximum absolute atomic E-state index is 13.3. The van der Waals surface area contributed by atoms with Crippen LogP contribution in [0.1, 0.15) is 28.2 Å².